The second-order valence-corrected chi connectivity index (χ2v) is 14.6. The van der Waals surface area contributed by atoms with E-state index in [1.807, 2.05) is 17.0 Å². The summed E-state index contributed by atoms with van der Waals surface area (Å²) in [4.78, 5) is 31.9. The molecule has 2 fully saturated rings. The summed E-state index contributed by atoms with van der Waals surface area (Å²) < 4.78 is 5.88. The number of halogens is 1. The van der Waals surface area contributed by atoms with Crippen LogP contribution in [-0.2, 0) is 29.2 Å². The average molecular weight is 716 g/mol. The number of carbonyl (C=O) groups is 2. The van der Waals surface area contributed by atoms with E-state index in [0.29, 0.717) is 48.7 Å². The molecule has 14 heteroatoms. The zero-order valence-corrected chi connectivity index (χ0v) is 30.7. The number of H-pyrrole nitrogens is 1. The Morgan fingerprint density at radius 2 is 1.90 bits per heavy atom. The third-order valence-corrected chi connectivity index (χ3v) is 10.8. The molecule has 5 N–H and O–H groups in total. The Labute approximate surface area is 302 Å². The third-order valence-electron chi connectivity index (χ3n) is 10.4. The fraction of sp³-hybridized carbons (Fsp3) is 0.722. The summed E-state index contributed by atoms with van der Waals surface area (Å²) in [5, 5.41) is 32.5. The molecule has 3 atom stereocenters. The molecule has 0 bridgehead atoms. The molecule has 3 aliphatic rings. The molecule has 1 aromatic heterocycles. The standard InChI is InChI=1S/C36H58ClN9O4/c1-3-4-5-6-7-8-9-15-46-25-39-34(41-28-12-17-45(18-13-28)26(2)47)19-32(46)36(49)38-21-30(48)23-44-16-14-31-27(22-44)10-11-33(35(31)37)50-24-29-20-40-43-42-29/h10-11,20,28,30,32,34,39,41,48H,3-9,12-19,21-25H2,1-2H3,(H,38,49)(H,40,42,43)/t30-,32?,34?/m0/s1. The van der Waals surface area contributed by atoms with Crippen molar-refractivity contribution in [3.63, 3.8) is 0 Å². The van der Waals surface area contributed by atoms with Crippen LogP contribution >= 0.6 is 11.6 Å². The zero-order chi connectivity index (χ0) is 35.3. The lowest BCUT2D eigenvalue weighted by atomic mass is 9.99. The minimum atomic E-state index is -0.695. The summed E-state index contributed by atoms with van der Waals surface area (Å²) >= 11 is 6.73. The van der Waals surface area contributed by atoms with E-state index in [4.69, 9.17) is 16.3 Å². The number of carbonyl (C=O) groups excluding carboxylic acids is 2. The summed E-state index contributed by atoms with van der Waals surface area (Å²) in [6.45, 7) is 9.28. The number of unbranched alkanes of at least 4 members (excludes halogenated alkanes) is 6. The van der Waals surface area contributed by atoms with Crippen LogP contribution in [0.3, 0.4) is 0 Å². The normalized spacial score (nSPS) is 21.2. The monoisotopic (exact) mass is 715 g/mol. The van der Waals surface area contributed by atoms with E-state index < -0.39 is 6.10 Å². The molecule has 5 rings (SSSR count). The van der Waals surface area contributed by atoms with Gasteiger partial charge in [0.1, 0.15) is 18.1 Å². The Morgan fingerprint density at radius 3 is 2.64 bits per heavy atom. The van der Waals surface area contributed by atoms with Crippen LogP contribution in [0.2, 0.25) is 5.02 Å². The van der Waals surface area contributed by atoms with Crippen molar-refractivity contribution in [3.8, 4) is 5.75 Å². The predicted octanol–water partition coefficient (Wildman–Crippen LogP) is 3.17. The molecule has 2 unspecified atom stereocenters. The summed E-state index contributed by atoms with van der Waals surface area (Å²) in [5.41, 5.74) is 2.89. The van der Waals surface area contributed by atoms with E-state index in [9.17, 15) is 14.7 Å². The number of aliphatic hydroxyl groups is 1. The van der Waals surface area contributed by atoms with Gasteiger partial charge in [0.05, 0.1) is 29.5 Å². The molecule has 0 aliphatic carbocycles. The van der Waals surface area contributed by atoms with Crippen LogP contribution in [0, 0.1) is 0 Å². The Balaban J connectivity index is 1.09. The maximum absolute atomic E-state index is 13.7. The smallest absolute Gasteiger partial charge is 0.237 e. The number of fused-ring (bicyclic) bond motifs is 1. The third kappa shape index (κ3) is 11.3. The highest BCUT2D eigenvalue weighted by Gasteiger charge is 2.34. The van der Waals surface area contributed by atoms with Crippen molar-refractivity contribution in [2.45, 2.75) is 122 Å². The highest BCUT2D eigenvalue weighted by atomic mass is 35.5. The van der Waals surface area contributed by atoms with E-state index in [1.165, 1.54) is 38.5 Å². The fourth-order valence-corrected chi connectivity index (χ4v) is 7.74. The first-order valence-electron chi connectivity index (χ1n) is 18.8. The number of amides is 2. The molecule has 50 heavy (non-hydrogen) atoms. The number of ether oxygens (including phenoxy) is 1. The van der Waals surface area contributed by atoms with E-state index >= 15 is 0 Å². The number of aromatic amines is 1. The number of aliphatic hydroxyl groups excluding tert-OH is 1. The number of β-amino-alcohol motifs (C(OH)–C–C–N with tert-alkyl or cyclic N) is 1. The molecule has 0 spiro atoms. The van der Waals surface area contributed by atoms with Gasteiger partial charge in [-0.15, -0.1) is 0 Å². The summed E-state index contributed by atoms with van der Waals surface area (Å²) in [5.74, 6) is 0.730. The summed E-state index contributed by atoms with van der Waals surface area (Å²) in [7, 11) is 0. The van der Waals surface area contributed by atoms with Gasteiger partial charge in [0, 0.05) is 71.9 Å². The van der Waals surface area contributed by atoms with Crippen LogP contribution in [0.5, 0.6) is 5.75 Å². The largest absolute Gasteiger partial charge is 0.486 e. The number of hydrogen-bond donors (Lipinski definition) is 5. The highest BCUT2D eigenvalue weighted by molar-refractivity contribution is 6.33. The molecule has 3 aliphatic heterocycles. The number of nitrogens with one attached hydrogen (secondary N) is 4. The molecule has 0 radical (unpaired) electrons. The lowest BCUT2D eigenvalue weighted by Gasteiger charge is -2.42. The molecule has 0 saturated carbocycles. The van der Waals surface area contributed by atoms with E-state index in [0.717, 1.165) is 63.0 Å². The number of benzene rings is 1. The van der Waals surface area contributed by atoms with Crippen molar-refractivity contribution in [2.24, 2.45) is 0 Å². The minimum absolute atomic E-state index is 0.0170. The van der Waals surface area contributed by atoms with E-state index in [-0.39, 0.29) is 37.2 Å². The molecule has 4 heterocycles. The quantitative estimate of drug-likeness (QED) is 0.146. The van der Waals surface area contributed by atoms with Crippen LogP contribution in [-0.4, -0.2) is 117 Å². The Kier molecular flexibility index (Phi) is 15.1. The van der Waals surface area contributed by atoms with Gasteiger partial charge in [0.2, 0.25) is 11.8 Å². The molecule has 1 aromatic carbocycles. The Bertz CT molecular complexity index is 1340. The van der Waals surface area contributed by atoms with Gasteiger partial charge in [-0.05, 0) is 42.9 Å². The minimum Gasteiger partial charge on any atom is -0.486 e. The number of aromatic nitrogens is 3. The second kappa shape index (κ2) is 19.7. The first kappa shape index (κ1) is 38.4. The first-order chi connectivity index (χ1) is 24.3. The lowest BCUT2D eigenvalue weighted by Crippen LogP contribution is -2.64. The molecule has 2 aromatic rings. The van der Waals surface area contributed by atoms with Gasteiger partial charge in [-0.1, -0.05) is 63.1 Å². The number of rotatable bonds is 18. The SMILES string of the molecule is CCCCCCCCCN1CNC(NC2CCN(C(C)=O)CC2)CC1C(=O)NC[C@H](O)CN1CCc2c(ccc(OCc3cn[nH]n3)c2Cl)C1. The van der Waals surface area contributed by atoms with Crippen LogP contribution in [0.1, 0.15) is 94.9 Å². The van der Waals surface area contributed by atoms with Crippen molar-refractivity contribution in [3.05, 3.63) is 40.2 Å². The van der Waals surface area contributed by atoms with Crippen LogP contribution in [0.4, 0.5) is 0 Å². The van der Waals surface area contributed by atoms with Crippen molar-refractivity contribution in [2.75, 3.05) is 45.9 Å². The summed E-state index contributed by atoms with van der Waals surface area (Å²) in [6, 6.07) is 3.96. The first-order valence-corrected chi connectivity index (χ1v) is 19.1. The van der Waals surface area contributed by atoms with Gasteiger partial charge in [-0.25, -0.2) is 0 Å². The van der Waals surface area contributed by atoms with Gasteiger partial charge >= 0.3 is 0 Å². The molecule has 2 saturated heterocycles. The van der Waals surface area contributed by atoms with Gasteiger partial charge in [-0.2, -0.15) is 15.4 Å². The molecular weight excluding hydrogens is 658 g/mol. The van der Waals surface area contributed by atoms with Crippen molar-refractivity contribution < 1.29 is 19.4 Å². The Morgan fingerprint density at radius 1 is 1.12 bits per heavy atom. The number of piperidine rings is 1. The van der Waals surface area contributed by atoms with E-state index in [1.54, 1.807) is 13.1 Å². The van der Waals surface area contributed by atoms with Gasteiger partial charge < -0.3 is 20.1 Å². The van der Waals surface area contributed by atoms with Crippen LogP contribution in [0.15, 0.2) is 18.3 Å². The number of nitrogens with zero attached hydrogens (tertiary/aromatic N) is 5. The molecule has 278 valence electrons. The average Bonchev–Trinajstić information content (AvgIpc) is 3.64. The highest BCUT2D eigenvalue weighted by Crippen LogP contribution is 2.34. The van der Waals surface area contributed by atoms with Crippen molar-refractivity contribution >= 4 is 23.4 Å². The second-order valence-electron chi connectivity index (χ2n) is 14.2. The predicted molar refractivity (Wildman–Crippen MR) is 193 cm³/mol. The summed E-state index contributed by atoms with van der Waals surface area (Å²) in [6.07, 6.45) is 12.8. The topological polar surface area (TPSA) is 151 Å². The van der Waals surface area contributed by atoms with Crippen LogP contribution < -0.4 is 20.7 Å². The molecule has 2 amide bonds. The fourth-order valence-electron chi connectivity index (χ4n) is 7.41. The van der Waals surface area contributed by atoms with Crippen molar-refractivity contribution in [1.29, 1.82) is 0 Å². The zero-order valence-electron chi connectivity index (χ0n) is 30.0. The van der Waals surface area contributed by atoms with E-state index in [2.05, 4.69) is 48.1 Å². The van der Waals surface area contributed by atoms with Crippen molar-refractivity contribution in [1.82, 2.24) is 46.1 Å². The Hall–Kier alpha value is -2.81. The maximum atomic E-state index is 13.7. The van der Waals surface area contributed by atoms with Gasteiger partial charge in [0.25, 0.3) is 0 Å². The molecular formula is C36H58ClN9O4. The van der Waals surface area contributed by atoms with Gasteiger partial charge in [0.15, 0.2) is 0 Å². The maximum Gasteiger partial charge on any atom is 0.237 e. The molecule has 13 nitrogen and oxygen atoms in total. The number of likely N-dealkylation sites (tertiary alicyclic amines) is 1. The van der Waals surface area contributed by atoms with Crippen LogP contribution in [0.25, 0.3) is 0 Å². The number of hydrogen-bond acceptors (Lipinski definition) is 10. The lowest BCUT2D eigenvalue weighted by molar-refractivity contribution is -0.131. The van der Waals surface area contributed by atoms with Gasteiger partial charge in [-0.3, -0.25) is 30.0 Å².